The number of rotatable bonds is 4. The third kappa shape index (κ3) is 3.09. The molecule has 3 heterocycles. The van der Waals surface area contributed by atoms with Gasteiger partial charge in [-0.1, -0.05) is 0 Å². The molecule has 1 saturated heterocycles. The van der Waals surface area contributed by atoms with Crippen molar-refractivity contribution in [2.24, 2.45) is 0 Å². The van der Waals surface area contributed by atoms with Crippen molar-refractivity contribution in [2.45, 2.75) is 0 Å². The predicted molar refractivity (Wildman–Crippen MR) is 88.2 cm³/mol. The highest BCUT2D eigenvalue weighted by Crippen LogP contribution is 2.26. The van der Waals surface area contributed by atoms with Crippen LogP contribution in [0.4, 0.5) is 5.82 Å². The van der Waals surface area contributed by atoms with Gasteiger partial charge < -0.3 is 19.5 Å². The molecule has 0 aliphatic carbocycles. The number of aromatic amines is 1. The molecule has 2 N–H and O–H groups in total. The number of hydrogen-bond donors (Lipinski definition) is 2. The first-order chi connectivity index (χ1) is 12.2. The first kappa shape index (κ1) is 15.3. The second kappa shape index (κ2) is 6.36. The minimum Gasteiger partial charge on any atom is -0.476 e. The number of carboxylic acid groups (broad SMARTS) is 1. The average molecular weight is 341 g/mol. The lowest BCUT2D eigenvalue weighted by molar-refractivity contribution is 0.0692. The van der Waals surface area contributed by atoms with Gasteiger partial charge in [0.15, 0.2) is 5.69 Å². The minimum absolute atomic E-state index is 0.0156. The molecule has 0 amide bonds. The topological polar surface area (TPSA) is 113 Å². The van der Waals surface area contributed by atoms with Gasteiger partial charge in [-0.05, 0) is 12.1 Å². The van der Waals surface area contributed by atoms with E-state index in [1.54, 1.807) is 24.3 Å². The number of carbonyl (C=O) groups is 1. The number of fused-ring (bicyclic) bond motifs is 1. The van der Waals surface area contributed by atoms with Gasteiger partial charge in [0.25, 0.3) is 0 Å². The molecule has 2 aromatic heterocycles. The summed E-state index contributed by atoms with van der Waals surface area (Å²) >= 11 is 0. The van der Waals surface area contributed by atoms with Crippen molar-refractivity contribution in [3.05, 3.63) is 36.3 Å². The Bertz CT molecular complexity index is 920. The zero-order valence-electron chi connectivity index (χ0n) is 13.2. The number of nitrogens with zero attached hydrogens (tertiary/aromatic N) is 4. The summed E-state index contributed by atoms with van der Waals surface area (Å²) in [5, 5.41) is 16.1. The zero-order valence-corrected chi connectivity index (χ0v) is 13.2. The molecule has 0 radical (unpaired) electrons. The smallest absolute Gasteiger partial charge is 0.357 e. The molecule has 9 heteroatoms. The van der Waals surface area contributed by atoms with Crippen LogP contribution in [-0.4, -0.2) is 57.5 Å². The molecule has 1 aliphatic heterocycles. The SMILES string of the molecule is O=C(O)c1n[nH]c2cc(Oc3cc(N4CCOCC4)ncn3)ccc12. The highest BCUT2D eigenvalue weighted by atomic mass is 16.5. The Labute approximate surface area is 142 Å². The summed E-state index contributed by atoms with van der Waals surface area (Å²) in [5.74, 6) is 0.642. The quantitative estimate of drug-likeness (QED) is 0.737. The van der Waals surface area contributed by atoms with E-state index >= 15 is 0 Å². The lowest BCUT2D eigenvalue weighted by Gasteiger charge is -2.27. The number of H-pyrrole nitrogens is 1. The summed E-state index contributed by atoms with van der Waals surface area (Å²) in [4.78, 5) is 21.6. The lowest BCUT2D eigenvalue weighted by atomic mass is 10.2. The number of morpholine rings is 1. The Morgan fingerprint density at radius 2 is 2.08 bits per heavy atom. The molecule has 9 nitrogen and oxygen atoms in total. The molecule has 25 heavy (non-hydrogen) atoms. The van der Waals surface area contributed by atoms with E-state index in [1.165, 1.54) is 6.33 Å². The van der Waals surface area contributed by atoms with Crippen LogP contribution in [0.15, 0.2) is 30.6 Å². The first-order valence-corrected chi connectivity index (χ1v) is 7.75. The van der Waals surface area contributed by atoms with Gasteiger partial charge in [0.05, 0.1) is 18.7 Å². The number of aromatic nitrogens is 4. The van der Waals surface area contributed by atoms with E-state index in [4.69, 9.17) is 14.6 Å². The molecule has 1 aromatic carbocycles. The summed E-state index contributed by atoms with van der Waals surface area (Å²) in [6.45, 7) is 2.88. The molecule has 128 valence electrons. The molecule has 0 saturated carbocycles. The van der Waals surface area contributed by atoms with E-state index in [2.05, 4.69) is 25.1 Å². The molecule has 3 aromatic rings. The van der Waals surface area contributed by atoms with E-state index in [9.17, 15) is 4.79 Å². The van der Waals surface area contributed by atoms with Gasteiger partial charge in [0.1, 0.15) is 17.9 Å². The van der Waals surface area contributed by atoms with Crippen LogP contribution in [0.2, 0.25) is 0 Å². The number of nitrogens with one attached hydrogen (secondary N) is 1. The van der Waals surface area contributed by atoms with E-state index in [-0.39, 0.29) is 5.69 Å². The van der Waals surface area contributed by atoms with Gasteiger partial charge >= 0.3 is 5.97 Å². The van der Waals surface area contributed by atoms with Crippen LogP contribution in [0.3, 0.4) is 0 Å². The van der Waals surface area contributed by atoms with Crippen LogP contribution in [-0.2, 0) is 4.74 Å². The van der Waals surface area contributed by atoms with Crippen molar-refractivity contribution >= 4 is 22.7 Å². The van der Waals surface area contributed by atoms with Crippen molar-refractivity contribution in [1.29, 1.82) is 0 Å². The van der Waals surface area contributed by atoms with Crippen LogP contribution < -0.4 is 9.64 Å². The number of ether oxygens (including phenoxy) is 2. The van der Waals surface area contributed by atoms with Crippen molar-refractivity contribution in [2.75, 3.05) is 31.2 Å². The maximum atomic E-state index is 11.1. The summed E-state index contributed by atoms with van der Waals surface area (Å²) in [6, 6.07) is 6.79. The summed E-state index contributed by atoms with van der Waals surface area (Å²) in [7, 11) is 0. The molecule has 1 fully saturated rings. The van der Waals surface area contributed by atoms with Crippen LogP contribution in [0.25, 0.3) is 10.9 Å². The van der Waals surface area contributed by atoms with Gasteiger partial charge in [-0.2, -0.15) is 5.10 Å². The van der Waals surface area contributed by atoms with Crippen molar-refractivity contribution in [3.63, 3.8) is 0 Å². The van der Waals surface area contributed by atoms with Gasteiger partial charge in [-0.25, -0.2) is 14.8 Å². The van der Waals surface area contributed by atoms with Crippen molar-refractivity contribution in [3.8, 4) is 11.6 Å². The molecule has 0 spiro atoms. The van der Waals surface area contributed by atoms with Gasteiger partial charge in [0.2, 0.25) is 5.88 Å². The van der Waals surface area contributed by atoms with Crippen LogP contribution in [0, 0.1) is 0 Å². The monoisotopic (exact) mass is 341 g/mol. The number of benzene rings is 1. The summed E-state index contributed by atoms with van der Waals surface area (Å²) in [5.41, 5.74) is 0.565. The van der Waals surface area contributed by atoms with E-state index in [0.29, 0.717) is 35.7 Å². The fraction of sp³-hybridized carbons (Fsp3) is 0.250. The molecule has 0 bridgehead atoms. The van der Waals surface area contributed by atoms with Crippen LogP contribution in [0.5, 0.6) is 11.6 Å². The molecule has 4 rings (SSSR count). The number of carboxylic acids is 1. The van der Waals surface area contributed by atoms with Gasteiger partial charge in [0, 0.05) is 30.6 Å². The van der Waals surface area contributed by atoms with Gasteiger partial charge in [-0.3, -0.25) is 5.10 Å². The Balaban J connectivity index is 1.57. The molecule has 1 aliphatic rings. The highest BCUT2D eigenvalue weighted by Gasteiger charge is 2.15. The molecular formula is C16H15N5O4. The van der Waals surface area contributed by atoms with Crippen LogP contribution in [0.1, 0.15) is 10.5 Å². The third-order valence-corrected chi connectivity index (χ3v) is 3.92. The number of hydrogen-bond acceptors (Lipinski definition) is 7. The molecule has 0 unspecified atom stereocenters. The Morgan fingerprint density at radius 1 is 1.24 bits per heavy atom. The fourth-order valence-electron chi connectivity index (χ4n) is 2.70. The molecule has 0 atom stereocenters. The lowest BCUT2D eigenvalue weighted by Crippen LogP contribution is -2.36. The Morgan fingerprint density at radius 3 is 2.88 bits per heavy atom. The first-order valence-electron chi connectivity index (χ1n) is 7.75. The average Bonchev–Trinajstić information content (AvgIpc) is 3.06. The minimum atomic E-state index is -1.08. The summed E-state index contributed by atoms with van der Waals surface area (Å²) < 4.78 is 11.1. The van der Waals surface area contributed by atoms with Crippen LogP contribution >= 0.6 is 0 Å². The van der Waals surface area contributed by atoms with E-state index < -0.39 is 5.97 Å². The van der Waals surface area contributed by atoms with Crippen molar-refractivity contribution < 1.29 is 19.4 Å². The van der Waals surface area contributed by atoms with E-state index in [0.717, 1.165) is 18.9 Å². The van der Waals surface area contributed by atoms with E-state index in [1.807, 2.05) is 0 Å². The second-order valence-corrected chi connectivity index (χ2v) is 5.50. The Hall–Kier alpha value is -3.20. The maximum absolute atomic E-state index is 11.1. The number of anilines is 1. The highest BCUT2D eigenvalue weighted by molar-refractivity contribution is 6.01. The zero-order chi connectivity index (χ0) is 17.2. The predicted octanol–water partition coefficient (Wildman–Crippen LogP) is 1.68. The normalized spacial score (nSPS) is 14.6. The third-order valence-electron chi connectivity index (χ3n) is 3.92. The fourth-order valence-corrected chi connectivity index (χ4v) is 2.70. The largest absolute Gasteiger partial charge is 0.476 e. The maximum Gasteiger partial charge on any atom is 0.357 e. The van der Waals surface area contributed by atoms with Gasteiger partial charge in [-0.15, -0.1) is 0 Å². The second-order valence-electron chi connectivity index (χ2n) is 5.50. The standard InChI is InChI=1S/C16H15N5O4/c22-16(23)15-11-2-1-10(7-12(11)19-20-15)25-14-8-13(17-9-18-14)21-3-5-24-6-4-21/h1-2,7-9H,3-6H2,(H,19,20)(H,22,23). The summed E-state index contributed by atoms with van der Waals surface area (Å²) in [6.07, 6.45) is 1.46. The number of aromatic carboxylic acids is 1. The van der Waals surface area contributed by atoms with Crippen molar-refractivity contribution in [1.82, 2.24) is 20.2 Å². The molecular weight excluding hydrogens is 326 g/mol. The Kier molecular flexibility index (Phi) is 3.90.